The fraction of sp³-hybridized carbons (Fsp3) is 0.421. The lowest BCUT2D eigenvalue weighted by atomic mass is 10.1. The van der Waals surface area contributed by atoms with Gasteiger partial charge in [-0.25, -0.2) is 9.78 Å². The highest BCUT2D eigenvalue weighted by Crippen LogP contribution is 2.24. The molecule has 7 heteroatoms. The Labute approximate surface area is 162 Å². The maximum atomic E-state index is 12.9. The molecule has 1 amide bonds. The molecule has 26 heavy (non-hydrogen) atoms. The van der Waals surface area contributed by atoms with Crippen LogP contribution in [0.2, 0.25) is 0 Å². The lowest BCUT2D eigenvalue weighted by Crippen LogP contribution is -2.34. The minimum Gasteiger partial charge on any atom is -0.464 e. The van der Waals surface area contributed by atoms with Crippen molar-refractivity contribution in [2.24, 2.45) is 0 Å². The van der Waals surface area contributed by atoms with E-state index in [2.05, 4.69) is 16.6 Å². The van der Waals surface area contributed by atoms with E-state index in [1.165, 1.54) is 18.4 Å². The van der Waals surface area contributed by atoms with Gasteiger partial charge in [0, 0.05) is 11.9 Å². The smallest absolute Gasteiger partial charge is 0.357 e. The summed E-state index contributed by atoms with van der Waals surface area (Å²) in [5.74, 6) is -0.625. The predicted octanol–water partition coefficient (Wildman–Crippen LogP) is 4.43. The molecule has 1 unspecified atom stereocenters. The van der Waals surface area contributed by atoms with Crippen LogP contribution in [0.25, 0.3) is 0 Å². The van der Waals surface area contributed by atoms with Crippen molar-refractivity contribution in [2.75, 3.05) is 13.7 Å². The van der Waals surface area contributed by atoms with E-state index in [1.807, 2.05) is 30.3 Å². The Hall–Kier alpha value is -1.92. The van der Waals surface area contributed by atoms with Gasteiger partial charge in [-0.15, -0.1) is 22.9 Å². The summed E-state index contributed by atoms with van der Waals surface area (Å²) in [6.45, 7) is 3.06. The Morgan fingerprint density at radius 3 is 2.65 bits per heavy atom. The van der Waals surface area contributed by atoms with E-state index >= 15 is 0 Å². The van der Waals surface area contributed by atoms with Crippen LogP contribution in [0, 0.1) is 0 Å². The van der Waals surface area contributed by atoms with Gasteiger partial charge in [0.05, 0.1) is 13.7 Å². The van der Waals surface area contributed by atoms with Crippen molar-refractivity contribution in [3.05, 3.63) is 52.0 Å². The molecule has 0 aliphatic heterocycles. The molecule has 140 valence electrons. The van der Waals surface area contributed by atoms with Crippen molar-refractivity contribution >= 4 is 34.8 Å². The van der Waals surface area contributed by atoms with E-state index in [1.54, 1.807) is 10.3 Å². The molecule has 0 bridgehead atoms. The van der Waals surface area contributed by atoms with Gasteiger partial charge in [0.15, 0.2) is 5.69 Å². The molecule has 0 aliphatic carbocycles. The van der Waals surface area contributed by atoms with Crippen LogP contribution >= 0.6 is 22.9 Å². The van der Waals surface area contributed by atoms with Crippen molar-refractivity contribution in [3.63, 3.8) is 0 Å². The quantitative estimate of drug-likeness (QED) is 0.358. The van der Waals surface area contributed by atoms with Gasteiger partial charge in [-0.05, 0) is 12.0 Å². The van der Waals surface area contributed by atoms with Crippen LogP contribution in [0.3, 0.4) is 0 Å². The second kappa shape index (κ2) is 10.3. The zero-order valence-electron chi connectivity index (χ0n) is 15.0. The van der Waals surface area contributed by atoms with Crippen molar-refractivity contribution < 1.29 is 14.3 Å². The highest BCUT2D eigenvalue weighted by Gasteiger charge is 2.25. The minimum atomic E-state index is -0.738. The van der Waals surface area contributed by atoms with E-state index in [-0.39, 0.29) is 11.6 Å². The number of rotatable bonds is 9. The predicted molar refractivity (Wildman–Crippen MR) is 103 cm³/mol. The standard InChI is InChI=1S/C19H23ClN2O3S/c1-3-4-8-11-22(12-16-21-15(13-26-16)19(24)25-2)18(23)17(20)14-9-6-5-7-10-14/h5-7,9-10,13,17H,3-4,8,11-12H2,1-2H3. The summed E-state index contributed by atoms with van der Waals surface area (Å²) in [7, 11) is 1.32. The maximum Gasteiger partial charge on any atom is 0.357 e. The van der Waals surface area contributed by atoms with Gasteiger partial charge in [-0.1, -0.05) is 50.1 Å². The SMILES string of the molecule is CCCCCN(Cc1nc(C(=O)OC)cs1)C(=O)C(Cl)c1ccccc1. The number of esters is 1. The fourth-order valence-corrected chi connectivity index (χ4v) is 3.55. The van der Waals surface area contributed by atoms with E-state index in [4.69, 9.17) is 11.6 Å². The minimum absolute atomic E-state index is 0.149. The van der Waals surface area contributed by atoms with Gasteiger partial charge >= 0.3 is 5.97 Å². The summed E-state index contributed by atoms with van der Waals surface area (Å²) >= 11 is 7.76. The van der Waals surface area contributed by atoms with E-state index in [9.17, 15) is 9.59 Å². The van der Waals surface area contributed by atoms with Crippen molar-refractivity contribution in [1.29, 1.82) is 0 Å². The molecular formula is C19H23ClN2O3S. The molecule has 0 N–H and O–H groups in total. The largest absolute Gasteiger partial charge is 0.464 e. The number of ether oxygens (including phenoxy) is 1. The Morgan fingerprint density at radius 1 is 1.27 bits per heavy atom. The summed E-state index contributed by atoms with van der Waals surface area (Å²) in [5, 5.41) is 1.59. The second-order valence-corrected chi connectivity index (χ2v) is 7.24. The molecule has 0 saturated carbocycles. The normalized spacial score (nSPS) is 11.8. The average Bonchev–Trinajstić information content (AvgIpc) is 3.15. The van der Waals surface area contributed by atoms with Gasteiger partial charge < -0.3 is 9.64 Å². The highest BCUT2D eigenvalue weighted by atomic mass is 35.5. The number of alkyl halides is 1. The van der Waals surface area contributed by atoms with Gasteiger partial charge in [-0.2, -0.15) is 0 Å². The molecule has 1 atom stereocenters. The first-order chi connectivity index (χ1) is 12.6. The number of unbranched alkanes of at least 4 members (excludes halogenated alkanes) is 2. The topological polar surface area (TPSA) is 59.5 Å². The fourth-order valence-electron chi connectivity index (χ4n) is 2.49. The number of methoxy groups -OCH3 is 1. The van der Waals surface area contributed by atoms with Crippen LogP contribution in [0.5, 0.6) is 0 Å². The number of nitrogens with zero attached hydrogens (tertiary/aromatic N) is 2. The molecule has 0 radical (unpaired) electrons. The Kier molecular flexibility index (Phi) is 8.06. The Balaban J connectivity index is 2.13. The number of thiazole rings is 1. The van der Waals surface area contributed by atoms with Gasteiger partial charge in [0.25, 0.3) is 0 Å². The summed E-state index contributed by atoms with van der Waals surface area (Å²) in [4.78, 5) is 30.5. The molecular weight excluding hydrogens is 372 g/mol. The summed E-state index contributed by atoms with van der Waals surface area (Å²) in [6, 6.07) is 9.31. The number of carbonyl (C=O) groups is 2. The zero-order valence-corrected chi connectivity index (χ0v) is 16.6. The van der Waals surface area contributed by atoms with Crippen LogP contribution < -0.4 is 0 Å². The Bertz CT molecular complexity index is 721. The molecule has 2 aromatic rings. The Morgan fingerprint density at radius 2 is 2.00 bits per heavy atom. The number of carbonyl (C=O) groups excluding carboxylic acids is 2. The van der Waals surface area contributed by atoms with E-state index in [0.29, 0.717) is 18.1 Å². The third-order valence-electron chi connectivity index (χ3n) is 3.92. The molecule has 0 spiro atoms. The molecule has 0 aliphatic rings. The van der Waals surface area contributed by atoms with Crippen LogP contribution in [0.15, 0.2) is 35.7 Å². The highest BCUT2D eigenvalue weighted by molar-refractivity contribution is 7.09. The molecule has 1 aromatic carbocycles. The first-order valence-corrected chi connectivity index (χ1v) is 9.89. The lowest BCUT2D eigenvalue weighted by molar-refractivity contribution is -0.131. The number of halogens is 1. The summed E-state index contributed by atoms with van der Waals surface area (Å²) in [6.07, 6.45) is 3.00. The lowest BCUT2D eigenvalue weighted by Gasteiger charge is -2.24. The third kappa shape index (κ3) is 5.54. The zero-order chi connectivity index (χ0) is 18.9. The van der Waals surface area contributed by atoms with Crippen LogP contribution in [0.4, 0.5) is 0 Å². The molecule has 0 fully saturated rings. The second-order valence-electron chi connectivity index (χ2n) is 5.86. The molecule has 1 aromatic heterocycles. The van der Waals surface area contributed by atoms with E-state index in [0.717, 1.165) is 24.8 Å². The number of hydrogen-bond donors (Lipinski definition) is 0. The molecule has 2 rings (SSSR count). The summed E-state index contributed by atoms with van der Waals surface area (Å²) < 4.78 is 4.68. The number of benzene rings is 1. The first-order valence-electron chi connectivity index (χ1n) is 8.57. The van der Waals surface area contributed by atoms with Gasteiger partial charge in [0.1, 0.15) is 10.4 Å². The van der Waals surface area contributed by atoms with Gasteiger partial charge in [0.2, 0.25) is 5.91 Å². The average molecular weight is 395 g/mol. The van der Waals surface area contributed by atoms with Crippen LogP contribution in [-0.2, 0) is 16.1 Å². The molecule has 0 saturated heterocycles. The maximum absolute atomic E-state index is 12.9. The summed E-state index contributed by atoms with van der Waals surface area (Å²) in [5.41, 5.74) is 1.04. The van der Waals surface area contributed by atoms with Crippen LogP contribution in [0.1, 0.15) is 52.6 Å². The molecule has 5 nitrogen and oxygen atoms in total. The number of amides is 1. The van der Waals surface area contributed by atoms with Crippen molar-refractivity contribution in [2.45, 2.75) is 38.1 Å². The van der Waals surface area contributed by atoms with Crippen molar-refractivity contribution in [3.8, 4) is 0 Å². The number of aromatic nitrogens is 1. The number of hydrogen-bond acceptors (Lipinski definition) is 5. The molecule has 1 heterocycles. The van der Waals surface area contributed by atoms with Crippen molar-refractivity contribution in [1.82, 2.24) is 9.88 Å². The van der Waals surface area contributed by atoms with Crippen LogP contribution in [-0.4, -0.2) is 35.4 Å². The van der Waals surface area contributed by atoms with Gasteiger partial charge in [-0.3, -0.25) is 4.79 Å². The monoisotopic (exact) mass is 394 g/mol. The van der Waals surface area contributed by atoms with E-state index < -0.39 is 11.3 Å². The third-order valence-corrected chi connectivity index (χ3v) is 5.20. The first kappa shape index (κ1) is 20.4.